The van der Waals surface area contributed by atoms with Gasteiger partial charge >= 0.3 is 0 Å². The molecule has 3 nitrogen and oxygen atoms in total. The Kier molecular flexibility index (Phi) is 3.74. The van der Waals surface area contributed by atoms with Crippen LogP contribution in [0.3, 0.4) is 0 Å². The van der Waals surface area contributed by atoms with Crippen molar-refractivity contribution in [3.05, 3.63) is 76.4 Å². The van der Waals surface area contributed by atoms with Crippen LogP contribution >= 0.6 is 0 Å². The Balaban J connectivity index is 2.12. The Morgan fingerprint density at radius 3 is 2.73 bits per heavy atom. The first-order valence-corrected chi connectivity index (χ1v) is 7.04. The molecular formula is C18H14FNO2. The molecule has 22 heavy (non-hydrogen) atoms. The standard InChI is InChI=1S/C18H14FNO2/c1-20-16-7-8-17-13(11-16)12-22-18(17,9-2-10-21)14-3-5-15(19)6-4-14/h3-8,10-11H,2,9,12H2/t18-/m1/s1. The largest absolute Gasteiger partial charge is 0.361 e. The average molecular weight is 295 g/mol. The quantitative estimate of drug-likeness (QED) is 0.627. The highest BCUT2D eigenvalue weighted by Crippen LogP contribution is 2.46. The second kappa shape index (κ2) is 5.70. The number of hydrogen-bond donors (Lipinski definition) is 0. The van der Waals surface area contributed by atoms with Gasteiger partial charge in [-0.2, -0.15) is 0 Å². The maximum atomic E-state index is 13.2. The number of ether oxygens (including phenoxy) is 1. The van der Waals surface area contributed by atoms with Crippen molar-refractivity contribution < 1.29 is 13.9 Å². The van der Waals surface area contributed by atoms with Gasteiger partial charge in [0.15, 0.2) is 5.69 Å². The van der Waals surface area contributed by atoms with Gasteiger partial charge in [0.1, 0.15) is 17.7 Å². The highest BCUT2D eigenvalue weighted by atomic mass is 19.1. The summed E-state index contributed by atoms with van der Waals surface area (Å²) in [6.07, 6.45) is 1.70. The van der Waals surface area contributed by atoms with Gasteiger partial charge in [0, 0.05) is 6.42 Å². The Morgan fingerprint density at radius 2 is 2.05 bits per heavy atom. The minimum absolute atomic E-state index is 0.309. The summed E-state index contributed by atoms with van der Waals surface area (Å²) in [5.74, 6) is -0.309. The number of nitrogens with zero attached hydrogens (tertiary/aromatic N) is 1. The third-order valence-corrected chi connectivity index (χ3v) is 4.05. The predicted octanol–water partition coefficient (Wildman–Crippen LogP) is 4.13. The Labute approximate surface area is 128 Å². The van der Waals surface area contributed by atoms with E-state index in [-0.39, 0.29) is 5.82 Å². The van der Waals surface area contributed by atoms with E-state index in [4.69, 9.17) is 11.3 Å². The molecule has 2 aromatic carbocycles. The fourth-order valence-corrected chi connectivity index (χ4v) is 3.01. The van der Waals surface area contributed by atoms with E-state index in [0.29, 0.717) is 25.1 Å². The lowest BCUT2D eigenvalue weighted by atomic mass is 9.82. The molecule has 110 valence electrons. The summed E-state index contributed by atoms with van der Waals surface area (Å²) in [7, 11) is 0. The van der Waals surface area contributed by atoms with Crippen LogP contribution in [0.5, 0.6) is 0 Å². The summed E-state index contributed by atoms with van der Waals surface area (Å²) in [4.78, 5) is 14.3. The van der Waals surface area contributed by atoms with E-state index in [1.807, 2.05) is 12.1 Å². The van der Waals surface area contributed by atoms with Crippen LogP contribution in [0.25, 0.3) is 4.85 Å². The van der Waals surface area contributed by atoms with Gasteiger partial charge in [-0.15, -0.1) is 0 Å². The van der Waals surface area contributed by atoms with Crippen LogP contribution in [-0.4, -0.2) is 6.29 Å². The molecule has 2 aromatic rings. The van der Waals surface area contributed by atoms with Crippen LogP contribution in [0.2, 0.25) is 0 Å². The molecule has 0 saturated carbocycles. The van der Waals surface area contributed by atoms with Gasteiger partial charge in [0.25, 0.3) is 0 Å². The molecule has 0 spiro atoms. The van der Waals surface area contributed by atoms with Gasteiger partial charge in [0.05, 0.1) is 13.2 Å². The van der Waals surface area contributed by atoms with Crippen LogP contribution in [0, 0.1) is 12.4 Å². The normalized spacial score (nSPS) is 19.5. The maximum Gasteiger partial charge on any atom is 0.187 e. The lowest BCUT2D eigenvalue weighted by Crippen LogP contribution is -2.27. The first kappa shape index (κ1) is 14.4. The van der Waals surface area contributed by atoms with Gasteiger partial charge < -0.3 is 9.53 Å². The molecule has 4 heteroatoms. The number of carbonyl (C=O) groups is 1. The highest BCUT2D eigenvalue weighted by molar-refractivity contribution is 5.56. The maximum absolute atomic E-state index is 13.2. The van der Waals surface area contributed by atoms with Crippen molar-refractivity contribution in [2.45, 2.75) is 25.0 Å². The predicted molar refractivity (Wildman–Crippen MR) is 80.0 cm³/mol. The van der Waals surface area contributed by atoms with E-state index in [1.54, 1.807) is 18.2 Å². The smallest absolute Gasteiger partial charge is 0.187 e. The minimum Gasteiger partial charge on any atom is -0.361 e. The van der Waals surface area contributed by atoms with E-state index in [2.05, 4.69) is 4.85 Å². The number of aldehydes is 1. The van der Waals surface area contributed by atoms with Crippen molar-refractivity contribution in [1.29, 1.82) is 0 Å². The molecule has 1 atom stereocenters. The number of rotatable bonds is 4. The number of hydrogen-bond acceptors (Lipinski definition) is 2. The molecule has 0 aromatic heterocycles. The van der Waals surface area contributed by atoms with Crippen molar-refractivity contribution in [2.24, 2.45) is 0 Å². The molecule has 1 heterocycles. The molecule has 0 bridgehead atoms. The third-order valence-electron chi connectivity index (χ3n) is 4.05. The summed E-state index contributed by atoms with van der Waals surface area (Å²) >= 11 is 0. The van der Waals surface area contributed by atoms with E-state index < -0.39 is 5.60 Å². The van der Waals surface area contributed by atoms with Crippen LogP contribution in [0.1, 0.15) is 29.5 Å². The van der Waals surface area contributed by atoms with Crippen molar-refractivity contribution in [2.75, 3.05) is 0 Å². The second-order valence-corrected chi connectivity index (χ2v) is 5.28. The summed E-state index contributed by atoms with van der Waals surface area (Å²) < 4.78 is 19.3. The third kappa shape index (κ3) is 2.30. The highest BCUT2D eigenvalue weighted by Gasteiger charge is 2.41. The van der Waals surface area contributed by atoms with Crippen molar-refractivity contribution >= 4 is 12.0 Å². The lowest BCUT2D eigenvalue weighted by molar-refractivity contribution is -0.109. The summed E-state index contributed by atoms with van der Waals surface area (Å²) in [6.45, 7) is 7.48. The number of halogens is 1. The molecule has 0 fully saturated rings. The Morgan fingerprint density at radius 1 is 1.27 bits per heavy atom. The first-order chi connectivity index (χ1) is 10.7. The molecule has 0 N–H and O–H groups in total. The fraction of sp³-hybridized carbons (Fsp3) is 0.222. The molecule has 0 radical (unpaired) electrons. The van der Waals surface area contributed by atoms with Crippen LogP contribution in [0.15, 0.2) is 42.5 Å². The van der Waals surface area contributed by atoms with Gasteiger partial charge in [-0.05, 0) is 35.2 Å². The second-order valence-electron chi connectivity index (χ2n) is 5.28. The molecule has 0 unspecified atom stereocenters. The van der Waals surface area contributed by atoms with Crippen molar-refractivity contribution in [3.8, 4) is 0 Å². The van der Waals surface area contributed by atoms with E-state index in [9.17, 15) is 9.18 Å². The molecule has 3 rings (SSSR count). The minimum atomic E-state index is -0.746. The molecule has 1 aliphatic heterocycles. The topological polar surface area (TPSA) is 30.7 Å². The first-order valence-electron chi connectivity index (χ1n) is 7.04. The Hall–Kier alpha value is -2.51. The fourth-order valence-electron chi connectivity index (χ4n) is 3.01. The monoisotopic (exact) mass is 295 g/mol. The van der Waals surface area contributed by atoms with E-state index in [1.165, 1.54) is 12.1 Å². The summed E-state index contributed by atoms with van der Waals surface area (Å²) in [6, 6.07) is 11.6. The van der Waals surface area contributed by atoms with Gasteiger partial charge in [-0.3, -0.25) is 0 Å². The van der Waals surface area contributed by atoms with Crippen molar-refractivity contribution in [1.82, 2.24) is 0 Å². The van der Waals surface area contributed by atoms with Gasteiger partial charge in [-0.1, -0.05) is 30.3 Å². The number of fused-ring (bicyclic) bond motifs is 1. The Bertz CT molecular complexity index is 749. The van der Waals surface area contributed by atoms with Gasteiger partial charge in [0.2, 0.25) is 0 Å². The molecule has 0 saturated heterocycles. The molecule has 1 aliphatic rings. The van der Waals surface area contributed by atoms with Crippen LogP contribution in [-0.2, 0) is 21.7 Å². The zero-order valence-electron chi connectivity index (χ0n) is 11.9. The van der Waals surface area contributed by atoms with Crippen LogP contribution in [0.4, 0.5) is 10.1 Å². The van der Waals surface area contributed by atoms with Crippen LogP contribution < -0.4 is 0 Å². The average Bonchev–Trinajstić information content (AvgIpc) is 2.92. The summed E-state index contributed by atoms with van der Waals surface area (Å²) in [5, 5.41) is 0. The molecule has 0 amide bonds. The lowest BCUT2D eigenvalue weighted by Gasteiger charge is -2.30. The molecule has 0 aliphatic carbocycles. The zero-order chi connectivity index (χ0) is 15.6. The van der Waals surface area contributed by atoms with E-state index in [0.717, 1.165) is 23.0 Å². The van der Waals surface area contributed by atoms with E-state index >= 15 is 0 Å². The van der Waals surface area contributed by atoms with Gasteiger partial charge in [-0.25, -0.2) is 9.24 Å². The SMILES string of the molecule is [C-]#[N+]c1ccc2c(c1)CO[C@]2(CCC=O)c1ccc(F)cc1. The van der Waals surface area contributed by atoms with Crippen molar-refractivity contribution in [3.63, 3.8) is 0 Å². The number of benzene rings is 2. The number of carbonyl (C=O) groups excluding carboxylic acids is 1. The summed E-state index contributed by atoms with van der Waals surface area (Å²) in [5.41, 5.74) is 2.54. The molecular weight excluding hydrogens is 281 g/mol. The zero-order valence-corrected chi connectivity index (χ0v) is 11.9.